The first-order valence-corrected chi connectivity index (χ1v) is 14.1. The van der Waals surface area contributed by atoms with Crippen molar-refractivity contribution in [1.29, 1.82) is 0 Å². The summed E-state index contributed by atoms with van der Waals surface area (Å²) in [5, 5.41) is 4.74. The fourth-order valence-electron chi connectivity index (χ4n) is 5.61. The van der Waals surface area contributed by atoms with E-state index in [1.54, 1.807) is 9.58 Å². The Bertz CT molecular complexity index is 1420. The third-order valence-corrected chi connectivity index (χ3v) is 8.92. The van der Waals surface area contributed by atoms with Crippen LogP contribution in [0.5, 0.6) is 0 Å². The Labute approximate surface area is 204 Å². The zero-order valence-corrected chi connectivity index (χ0v) is 21.0. The molecule has 0 spiro atoms. The molecule has 186 valence electrons. The van der Waals surface area contributed by atoms with Gasteiger partial charge in [-0.25, -0.2) is 18.1 Å². The zero-order valence-electron chi connectivity index (χ0n) is 20.2. The lowest BCUT2D eigenvalue weighted by atomic mass is 9.93. The van der Waals surface area contributed by atoms with Gasteiger partial charge in [0.25, 0.3) is 5.56 Å². The minimum absolute atomic E-state index is 0.00407. The van der Waals surface area contributed by atoms with Crippen LogP contribution >= 0.6 is 0 Å². The molecule has 0 bridgehead atoms. The number of aryl methyl sites for hydroxylation is 2. The highest BCUT2D eigenvalue weighted by Gasteiger charge is 2.38. The molecule has 35 heavy (non-hydrogen) atoms. The van der Waals surface area contributed by atoms with Crippen LogP contribution in [-0.4, -0.2) is 62.1 Å². The van der Waals surface area contributed by atoms with Gasteiger partial charge >= 0.3 is 0 Å². The van der Waals surface area contributed by atoms with Gasteiger partial charge in [0, 0.05) is 12.1 Å². The zero-order chi connectivity index (χ0) is 24.7. The molecular weight excluding hydrogens is 466 g/mol. The van der Waals surface area contributed by atoms with Crippen molar-refractivity contribution in [3.05, 3.63) is 52.2 Å². The van der Waals surface area contributed by atoms with Crippen LogP contribution in [0.15, 0.2) is 35.5 Å². The first-order valence-electron chi connectivity index (χ1n) is 12.3. The summed E-state index contributed by atoms with van der Waals surface area (Å²) in [4.78, 5) is 33.0. The lowest BCUT2D eigenvalue weighted by Gasteiger charge is -2.38. The molecule has 2 aliphatic rings. The van der Waals surface area contributed by atoms with Crippen molar-refractivity contribution in [2.24, 2.45) is 0 Å². The number of rotatable bonds is 5. The summed E-state index contributed by atoms with van der Waals surface area (Å²) in [6.07, 6.45) is 8.28. The van der Waals surface area contributed by atoms with Gasteiger partial charge in [-0.2, -0.15) is 5.10 Å². The number of hydrogen-bond acceptors (Lipinski definition) is 6. The number of amides is 1. The number of carbonyl (C=O) groups excluding carboxylic acids is 1. The second-order valence-electron chi connectivity index (χ2n) is 9.97. The number of nitrogens with zero attached hydrogens (tertiary/aromatic N) is 5. The van der Waals surface area contributed by atoms with E-state index in [1.165, 1.54) is 17.1 Å². The smallest absolute Gasteiger partial charge is 0.264 e. The Morgan fingerprint density at radius 1 is 1.06 bits per heavy atom. The van der Waals surface area contributed by atoms with E-state index in [1.807, 2.05) is 26.0 Å². The normalized spacial score (nSPS) is 20.3. The summed E-state index contributed by atoms with van der Waals surface area (Å²) in [7, 11) is -3.14. The maximum atomic E-state index is 13.5. The molecule has 0 radical (unpaired) electrons. The number of hydrogen-bond donors (Lipinski definition) is 0. The van der Waals surface area contributed by atoms with Crippen molar-refractivity contribution in [3.63, 3.8) is 0 Å². The van der Waals surface area contributed by atoms with Crippen LogP contribution in [0.4, 0.5) is 0 Å². The average Bonchev–Trinajstić information content (AvgIpc) is 3.39. The van der Waals surface area contributed by atoms with E-state index in [0.29, 0.717) is 17.5 Å². The van der Waals surface area contributed by atoms with E-state index in [9.17, 15) is 18.0 Å². The van der Waals surface area contributed by atoms with Crippen LogP contribution in [0, 0.1) is 13.8 Å². The summed E-state index contributed by atoms with van der Waals surface area (Å²) in [5.41, 5.74) is 3.10. The van der Waals surface area contributed by atoms with Crippen LogP contribution in [-0.2, 0) is 21.2 Å². The molecular formula is C25H31N5O4S. The molecule has 10 heteroatoms. The molecule has 1 aliphatic carbocycles. The summed E-state index contributed by atoms with van der Waals surface area (Å²) < 4.78 is 27.3. The Kier molecular flexibility index (Phi) is 6.25. The maximum Gasteiger partial charge on any atom is 0.264 e. The van der Waals surface area contributed by atoms with Gasteiger partial charge in [-0.1, -0.05) is 25.3 Å². The van der Waals surface area contributed by atoms with Gasteiger partial charge in [0.15, 0.2) is 15.5 Å². The van der Waals surface area contributed by atoms with Crippen LogP contribution in [0.25, 0.3) is 16.7 Å². The molecule has 1 aromatic carbocycles. The van der Waals surface area contributed by atoms with Gasteiger partial charge in [-0.15, -0.1) is 0 Å². The standard InChI is InChI=1S/C25H31N5O4S/c1-17-10-18(2)12-21(11-17)30-24-22(13-27-30)25(32)28(16-26-24)14-23(31)29(19-6-4-3-5-7-19)20-8-9-35(33,34)15-20/h10-13,16,19-20H,3-9,14-15H2,1-2H3. The van der Waals surface area contributed by atoms with Gasteiger partial charge in [0.2, 0.25) is 5.91 Å². The highest BCUT2D eigenvalue weighted by Crippen LogP contribution is 2.28. The minimum atomic E-state index is -3.14. The molecule has 1 saturated heterocycles. The van der Waals surface area contributed by atoms with Gasteiger partial charge in [0.05, 0.1) is 23.4 Å². The molecule has 1 unspecified atom stereocenters. The van der Waals surface area contributed by atoms with Gasteiger partial charge in [-0.3, -0.25) is 14.2 Å². The van der Waals surface area contributed by atoms with E-state index in [2.05, 4.69) is 16.1 Å². The lowest BCUT2D eigenvalue weighted by Crippen LogP contribution is -2.50. The second kappa shape index (κ2) is 9.22. The number of sulfone groups is 1. The molecule has 1 atom stereocenters. The van der Waals surface area contributed by atoms with E-state index in [0.717, 1.165) is 48.9 Å². The molecule has 2 fully saturated rings. The van der Waals surface area contributed by atoms with Gasteiger partial charge in [-0.05, 0) is 56.4 Å². The Balaban J connectivity index is 1.45. The van der Waals surface area contributed by atoms with Gasteiger partial charge in [0.1, 0.15) is 18.3 Å². The van der Waals surface area contributed by atoms with Gasteiger partial charge < -0.3 is 4.90 Å². The summed E-state index contributed by atoms with van der Waals surface area (Å²) >= 11 is 0. The molecule has 1 saturated carbocycles. The SMILES string of the molecule is Cc1cc(C)cc(-n2ncc3c(=O)n(CC(=O)N(C4CCCCC4)C4CCS(=O)(=O)C4)cnc32)c1. The topological polar surface area (TPSA) is 107 Å². The Hall–Kier alpha value is -3.01. The molecule has 3 heterocycles. The van der Waals surface area contributed by atoms with E-state index in [-0.39, 0.29) is 41.6 Å². The van der Waals surface area contributed by atoms with Crippen molar-refractivity contribution >= 4 is 26.8 Å². The number of aromatic nitrogens is 4. The highest BCUT2D eigenvalue weighted by atomic mass is 32.2. The first-order chi connectivity index (χ1) is 16.7. The van der Waals surface area contributed by atoms with Crippen molar-refractivity contribution < 1.29 is 13.2 Å². The lowest BCUT2D eigenvalue weighted by molar-refractivity contribution is -0.137. The minimum Gasteiger partial charge on any atom is -0.334 e. The van der Waals surface area contributed by atoms with E-state index < -0.39 is 9.84 Å². The fraction of sp³-hybridized carbons (Fsp3) is 0.520. The third kappa shape index (κ3) is 4.76. The Morgan fingerprint density at radius 3 is 2.43 bits per heavy atom. The van der Waals surface area contributed by atoms with E-state index in [4.69, 9.17) is 0 Å². The first kappa shape index (κ1) is 23.7. The van der Waals surface area contributed by atoms with Crippen LogP contribution in [0.1, 0.15) is 49.7 Å². The number of fused-ring (bicyclic) bond motifs is 1. The molecule has 5 rings (SSSR count). The molecule has 2 aromatic heterocycles. The van der Waals surface area contributed by atoms with Crippen LogP contribution < -0.4 is 5.56 Å². The highest BCUT2D eigenvalue weighted by molar-refractivity contribution is 7.91. The van der Waals surface area contributed by atoms with Crippen molar-refractivity contribution in [3.8, 4) is 5.69 Å². The van der Waals surface area contributed by atoms with Crippen molar-refractivity contribution in [1.82, 2.24) is 24.2 Å². The molecule has 3 aromatic rings. The summed E-state index contributed by atoms with van der Waals surface area (Å²) in [5.74, 6) is -0.104. The Morgan fingerprint density at radius 2 is 1.77 bits per heavy atom. The monoisotopic (exact) mass is 497 g/mol. The maximum absolute atomic E-state index is 13.5. The number of benzene rings is 1. The van der Waals surface area contributed by atoms with E-state index >= 15 is 0 Å². The fourth-order valence-corrected chi connectivity index (χ4v) is 7.32. The summed E-state index contributed by atoms with van der Waals surface area (Å²) in [6, 6.07) is 5.72. The van der Waals surface area contributed by atoms with Crippen LogP contribution in [0.3, 0.4) is 0 Å². The second-order valence-corrected chi connectivity index (χ2v) is 12.2. The quantitative estimate of drug-likeness (QED) is 0.536. The number of carbonyl (C=O) groups is 1. The largest absolute Gasteiger partial charge is 0.334 e. The summed E-state index contributed by atoms with van der Waals surface area (Å²) in [6.45, 7) is 3.84. The van der Waals surface area contributed by atoms with Crippen molar-refractivity contribution in [2.75, 3.05) is 11.5 Å². The molecule has 9 nitrogen and oxygen atoms in total. The molecule has 1 amide bonds. The predicted octanol–water partition coefficient (Wildman–Crippen LogP) is 2.55. The van der Waals surface area contributed by atoms with Crippen molar-refractivity contribution in [2.45, 2.75) is 71.0 Å². The third-order valence-electron chi connectivity index (χ3n) is 7.17. The molecule has 1 aliphatic heterocycles. The molecule has 0 N–H and O–H groups in total. The predicted molar refractivity (Wildman–Crippen MR) is 133 cm³/mol. The van der Waals surface area contributed by atoms with Crippen LogP contribution in [0.2, 0.25) is 0 Å². The average molecular weight is 498 g/mol.